The zero-order valence-electron chi connectivity index (χ0n) is 13.4. The molecule has 23 heavy (non-hydrogen) atoms. The first kappa shape index (κ1) is 19.4. The topological polar surface area (TPSA) is 52.6 Å². The van der Waals surface area contributed by atoms with Crippen LogP contribution in [0.3, 0.4) is 0 Å². The van der Waals surface area contributed by atoms with Crippen LogP contribution in [0, 0.1) is 0 Å². The second kappa shape index (κ2) is 11.9. The van der Waals surface area contributed by atoms with E-state index in [4.69, 9.17) is 9.47 Å². The van der Waals surface area contributed by atoms with Crippen molar-refractivity contribution in [1.29, 1.82) is 0 Å². The second-order valence-electron chi connectivity index (χ2n) is 5.15. The summed E-state index contributed by atoms with van der Waals surface area (Å²) >= 11 is 3.33. The summed E-state index contributed by atoms with van der Waals surface area (Å²) < 4.78 is 11.0. The lowest BCUT2D eigenvalue weighted by Gasteiger charge is -2.03. The average Bonchev–Trinajstić information content (AvgIpc) is 2.55. The van der Waals surface area contributed by atoms with Gasteiger partial charge in [-0.15, -0.1) is 0 Å². The summed E-state index contributed by atoms with van der Waals surface area (Å²) in [6.07, 6.45) is 7.66. The van der Waals surface area contributed by atoms with Gasteiger partial charge in [-0.25, -0.2) is 9.59 Å². The summed E-state index contributed by atoms with van der Waals surface area (Å²) in [4.78, 5) is 22.9. The normalized spacial score (nSPS) is 10.7. The predicted molar refractivity (Wildman–Crippen MR) is 92.8 cm³/mol. The first-order valence-corrected chi connectivity index (χ1v) is 8.67. The van der Waals surface area contributed by atoms with E-state index in [-0.39, 0.29) is 6.61 Å². The van der Waals surface area contributed by atoms with Gasteiger partial charge in [-0.3, -0.25) is 0 Å². The first-order valence-electron chi connectivity index (χ1n) is 7.88. The number of benzene rings is 1. The van der Waals surface area contributed by atoms with Crippen LogP contribution in [0.5, 0.6) is 0 Å². The van der Waals surface area contributed by atoms with Gasteiger partial charge in [0.05, 0.1) is 6.61 Å². The van der Waals surface area contributed by atoms with Gasteiger partial charge in [0, 0.05) is 16.6 Å². The summed E-state index contributed by atoms with van der Waals surface area (Å²) in [6, 6.07) is 7.45. The Morgan fingerprint density at radius 1 is 0.957 bits per heavy atom. The number of ether oxygens (including phenoxy) is 2. The molecule has 1 rings (SSSR count). The van der Waals surface area contributed by atoms with E-state index < -0.39 is 11.9 Å². The van der Waals surface area contributed by atoms with Gasteiger partial charge >= 0.3 is 11.9 Å². The summed E-state index contributed by atoms with van der Waals surface area (Å²) in [5, 5.41) is 0. The number of rotatable bonds is 10. The molecule has 0 bridgehead atoms. The molecule has 0 heterocycles. The second-order valence-corrected chi connectivity index (χ2v) is 6.06. The van der Waals surface area contributed by atoms with Crippen LogP contribution in [0.2, 0.25) is 0 Å². The summed E-state index contributed by atoms with van der Waals surface area (Å²) in [5.41, 5.74) is 0.879. The number of halogens is 1. The Kier molecular flexibility index (Phi) is 10.0. The van der Waals surface area contributed by atoms with Crippen LogP contribution in [0.25, 0.3) is 0 Å². The highest BCUT2D eigenvalue weighted by Crippen LogP contribution is 2.11. The fraction of sp³-hybridized carbons (Fsp3) is 0.444. The van der Waals surface area contributed by atoms with Gasteiger partial charge in [0.15, 0.2) is 0 Å². The molecule has 1 aromatic rings. The van der Waals surface area contributed by atoms with E-state index in [1.807, 2.05) is 24.3 Å². The van der Waals surface area contributed by atoms with Crippen LogP contribution in [0.1, 0.15) is 44.6 Å². The smallest absolute Gasteiger partial charge is 0.331 e. The van der Waals surface area contributed by atoms with Crippen LogP contribution in [-0.2, 0) is 25.7 Å². The maximum atomic E-state index is 11.5. The average molecular weight is 383 g/mol. The minimum absolute atomic E-state index is 0.170. The number of unbranched alkanes of at least 4 members (excludes halogenated alkanes) is 4. The molecule has 0 aliphatic carbocycles. The van der Waals surface area contributed by atoms with E-state index in [1.165, 1.54) is 12.8 Å². The van der Waals surface area contributed by atoms with Crippen molar-refractivity contribution < 1.29 is 19.1 Å². The molecule has 1 aromatic carbocycles. The molecule has 0 radical (unpaired) electrons. The minimum atomic E-state index is -0.562. The Labute approximate surface area is 146 Å². The van der Waals surface area contributed by atoms with Crippen molar-refractivity contribution >= 4 is 27.9 Å². The highest BCUT2D eigenvalue weighted by atomic mass is 79.9. The van der Waals surface area contributed by atoms with Gasteiger partial charge in [0.1, 0.15) is 6.61 Å². The van der Waals surface area contributed by atoms with Crippen molar-refractivity contribution in [2.45, 2.75) is 45.6 Å². The molecule has 0 aliphatic rings. The van der Waals surface area contributed by atoms with Gasteiger partial charge in [-0.05, 0) is 24.1 Å². The van der Waals surface area contributed by atoms with Gasteiger partial charge < -0.3 is 9.47 Å². The van der Waals surface area contributed by atoms with Crippen LogP contribution in [-0.4, -0.2) is 18.5 Å². The van der Waals surface area contributed by atoms with Gasteiger partial charge in [0.25, 0.3) is 0 Å². The molecule has 4 nitrogen and oxygen atoms in total. The maximum Gasteiger partial charge on any atom is 0.331 e. The molecule has 0 saturated heterocycles. The molecule has 5 heteroatoms. The van der Waals surface area contributed by atoms with E-state index >= 15 is 0 Å². The lowest BCUT2D eigenvalue weighted by Crippen LogP contribution is -2.05. The fourth-order valence-corrected chi connectivity index (χ4v) is 2.11. The Morgan fingerprint density at radius 2 is 1.57 bits per heavy atom. The number of hydrogen-bond acceptors (Lipinski definition) is 4. The number of carbonyl (C=O) groups is 2. The molecule has 126 valence electrons. The Bertz CT molecular complexity index is 508. The van der Waals surface area contributed by atoms with Crippen LogP contribution < -0.4 is 0 Å². The van der Waals surface area contributed by atoms with Gasteiger partial charge in [0.2, 0.25) is 0 Å². The lowest BCUT2D eigenvalue weighted by atomic mass is 10.2. The first-order chi connectivity index (χ1) is 11.1. The highest BCUT2D eigenvalue weighted by molar-refractivity contribution is 9.10. The predicted octanol–water partition coefficient (Wildman–Crippen LogP) is 4.56. The van der Waals surface area contributed by atoms with Crippen LogP contribution in [0.15, 0.2) is 40.9 Å². The summed E-state index contributed by atoms with van der Waals surface area (Å²) in [7, 11) is 0. The Balaban J connectivity index is 2.16. The molecule has 0 aromatic heterocycles. The third kappa shape index (κ3) is 9.89. The van der Waals surface area contributed by atoms with E-state index in [1.54, 1.807) is 0 Å². The van der Waals surface area contributed by atoms with E-state index in [0.29, 0.717) is 6.61 Å². The van der Waals surface area contributed by atoms with E-state index in [0.717, 1.165) is 41.5 Å². The van der Waals surface area contributed by atoms with Gasteiger partial charge in [-0.2, -0.15) is 0 Å². The zero-order valence-corrected chi connectivity index (χ0v) is 15.0. The fourth-order valence-electron chi connectivity index (χ4n) is 1.85. The van der Waals surface area contributed by atoms with Crippen molar-refractivity contribution in [1.82, 2.24) is 0 Å². The number of carbonyl (C=O) groups excluding carboxylic acids is 2. The van der Waals surface area contributed by atoms with E-state index in [2.05, 4.69) is 22.9 Å². The maximum absolute atomic E-state index is 11.5. The molecular formula is C18H23BrO4. The standard InChI is InChI=1S/C18H23BrO4/c1-2-3-4-5-6-13-22-17(20)11-12-18(21)23-14-15-7-9-16(19)10-8-15/h7-12H,2-6,13-14H2,1H3/b12-11+. The van der Waals surface area contributed by atoms with Crippen LogP contribution in [0.4, 0.5) is 0 Å². The molecular weight excluding hydrogens is 360 g/mol. The molecule has 0 aliphatic heterocycles. The minimum Gasteiger partial charge on any atom is -0.463 e. The Hall–Kier alpha value is -1.62. The quantitative estimate of drug-likeness (QED) is 0.338. The number of esters is 2. The molecule has 0 spiro atoms. The lowest BCUT2D eigenvalue weighted by molar-refractivity contribution is -0.141. The van der Waals surface area contributed by atoms with Crippen molar-refractivity contribution in [2.24, 2.45) is 0 Å². The number of hydrogen-bond donors (Lipinski definition) is 0. The highest BCUT2D eigenvalue weighted by Gasteiger charge is 2.02. The van der Waals surface area contributed by atoms with E-state index in [9.17, 15) is 9.59 Å². The molecule has 0 fully saturated rings. The van der Waals surface area contributed by atoms with Crippen LogP contribution >= 0.6 is 15.9 Å². The molecule has 0 atom stereocenters. The van der Waals surface area contributed by atoms with Crippen molar-refractivity contribution in [3.05, 3.63) is 46.5 Å². The van der Waals surface area contributed by atoms with Crippen molar-refractivity contribution in [3.63, 3.8) is 0 Å². The zero-order chi connectivity index (χ0) is 16.9. The molecule has 0 N–H and O–H groups in total. The molecule has 0 saturated carbocycles. The summed E-state index contributed by atoms with van der Waals surface area (Å²) in [5.74, 6) is -1.08. The third-order valence-corrected chi connectivity index (χ3v) is 3.67. The summed E-state index contributed by atoms with van der Waals surface area (Å²) in [6.45, 7) is 2.71. The van der Waals surface area contributed by atoms with Crippen molar-refractivity contribution in [2.75, 3.05) is 6.61 Å². The molecule has 0 unspecified atom stereocenters. The SMILES string of the molecule is CCCCCCCOC(=O)/C=C/C(=O)OCc1ccc(Br)cc1. The third-order valence-electron chi connectivity index (χ3n) is 3.14. The largest absolute Gasteiger partial charge is 0.463 e. The van der Waals surface area contributed by atoms with Gasteiger partial charge in [-0.1, -0.05) is 60.7 Å². The van der Waals surface area contributed by atoms with Crippen molar-refractivity contribution in [3.8, 4) is 0 Å². The molecule has 0 amide bonds. The monoisotopic (exact) mass is 382 g/mol. The Morgan fingerprint density at radius 3 is 2.22 bits per heavy atom.